The Hall–Kier alpha value is -2.71. The molecule has 0 bridgehead atoms. The van der Waals surface area contributed by atoms with Crippen molar-refractivity contribution in [2.75, 3.05) is 33.7 Å². The molecule has 2 N–H and O–H groups in total. The molecule has 0 aliphatic carbocycles. The van der Waals surface area contributed by atoms with Crippen molar-refractivity contribution in [3.8, 4) is 0 Å². The van der Waals surface area contributed by atoms with E-state index in [0.29, 0.717) is 44.0 Å². The van der Waals surface area contributed by atoms with E-state index in [2.05, 4.69) is 0 Å². The minimum Gasteiger partial charge on any atom is -0.369 e. The number of nitrogens with zero attached hydrogens (tertiary/aromatic N) is 4. The van der Waals surface area contributed by atoms with Crippen molar-refractivity contribution in [2.24, 2.45) is 17.6 Å². The van der Waals surface area contributed by atoms with Gasteiger partial charge in [0.2, 0.25) is 5.91 Å². The lowest BCUT2D eigenvalue weighted by molar-refractivity contribution is -0.475. The molecule has 5 amide bonds. The van der Waals surface area contributed by atoms with Crippen molar-refractivity contribution in [2.45, 2.75) is 32.6 Å². The van der Waals surface area contributed by atoms with Crippen LogP contribution >= 0.6 is 0 Å². The van der Waals surface area contributed by atoms with Crippen LogP contribution in [0.5, 0.6) is 0 Å². The lowest BCUT2D eigenvalue weighted by Gasteiger charge is -2.30. The van der Waals surface area contributed by atoms with Gasteiger partial charge in [-0.3, -0.25) is 14.4 Å². The standard InChI is InChI=1S/C19H27N5O4/c1-4-5-8-24-14(18(27)23-9-6-12(7-10-23)15(20)25)11-13-16(24)21(2)19(28)22(3)17(13)26/h11-13H,4-10H2,1-3H3,(H-,20,25)/p+1. The number of nitrogens with two attached hydrogens (primary N) is 1. The molecule has 2 saturated heterocycles. The van der Waals surface area contributed by atoms with Crippen molar-refractivity contribution in [1.29, 1.82) is 0 Å². The van der Waals surface area contributed by atoms with Crippen LogP contribution in [0.3, 0.4) is 0 Å². The average Bonchev–Trinajstić information content (AvgIpc) is 3.08. The summed E-state index contributed by atoms with van der Waals surface area (Å²) >= 11 is 0. The van der Waals surface area contributed by atoms with Gasteiger partial charge in [0.1, 0.15) is 0 Å². The zero-order chi connectivity index (χ0) is 20.6. The third-order valence-electron chi connectivity index (χ3n) is 5.82. The zero-order valence-electron chi connectivity index (χ0n) is 16.7. The summed E-state index contributed by atoms with van der Waals surface area (Å²) in [6.45, 7) is 3.51. The lowest BCUT2D eigenvalue weighted by Crippen LogP contribution is -2.57. The molecule has 3 heterocycles. The molecule has 9 nitrogen and oxygen atoms in total. The summed E-state index contributed by atoms with van der Waals surface area (Å²) in [5, 5.41) is 0. The van der Waals surface area contributed by atoms with E-state index in [-0.39, 0.29) is 23.6 Å². The molecule has 1 atom stereocenters. The first-order chi connectivity index (χ1) is 13.3. The van der Waals surface area contributed by atoms with Gasteiger partial charge in [0.25, 0.3) is 17.6 Å². The first-order valence-electron chi connectivity index (χ1n) is 9.78. The van der Waals surface area contributed by atoms with Gasteiger partial charge >= 0.3 is 6.03 Å². The SMILES string of the molecule is CCCC[N+]1=C2C(C=C1C(=O)N1CCC(C(N)=O)CC1)C(=O)N(C)C(=O)N2C. The Bertz CT molecular complexity index is 779. The molecule has 3 rings (SSSR count). The fourth-order valence-corrected chi connectivity index (χ4v) is 4.08. The van der Waals surface area contributed by atoms with E-state index < -0.39 is 11.9 Å². The highest BCUT2D eigenvalue weighted by atomic mass is 16.2. The number of amidine groups is 1. The molecule has 0 saturated carbocycles. The van der Waals surface area contributed by atoms with Gasteiger partial charge in [-0.25, -0.2) is 14.3 Å². The van der Waals surface area contributed by atoms with Gasteiger partial charge in [0, 0.05) is 26.1 Å². The number of amides is 5. The Labute approximate surface area is 164 Å². The molecule has 0 aromatic rings. The summed E-state index contributed by atoms with van der Waals surface area (Å²) in [6.07, 6.45) is 4.52. The number of imide groups is 1. The third kappa shape index (κ3) is 3.29. The minimum atomic E-state index is -0.633. The van der Waals surface area contributed by atoms with Crippen molar-refractivity contribution in [3.05, 3.63) is 11.8 Å². The van der Waals surface area contributed by atoms with Gasteiger partial charge in [-0.2, -0.15) is 4.90 Å². The van der Waals surface area contributed by atoms with Crippen LogP contribution in [0, 0.1) is 11.8 Å². The summed E-state index contributed by atoms with van der Waals surface area (Å²) in [4.78, 5) is 53.9. The lowest BCUT2D eigenvalue weighted by atomic mass is 9.96. The van der Waals surface area contributed by atoms with Crippen molar-refractivity contribution in [3.63, 3.8) is 0 Å². The quantitative estimate of drug-likeness (QED) is 0.665. The Morgan fingerprint density at radius 2 is 1.82 bits per heavy atom. The van der Waals surface area contributed by atoms with Gasteiger partial charge in [0.05, 0.1) is 13.6 Å². The first kappa shape index (κ1) is 20.0. The Balaban J connectivity index is 1.90. The molecular formula is C19H28N5O4+. The Morgan fingerprint density at radius 3 is 2.39 bits per heavy atom. The molecule has 0 aromatic heterocycles. The van der Waals surface area contributed by atoms with Gasteiger partial charge in [-0.05, 0) is 25.3 Å². The molecular weight excluding hydrogens is 362 g/mol. The third-order valence-corrected chi connectivity index (χ3v) is 5.82. The number of rotatable bonds is 5. The monoisotopic (exact) mass is 390 g/mol. The normalized spacial score (nSPS) is 23.3. The molecule has 3 aliphatic heterocycles. The van der Waals surface area contributed by atoms with Gasteiger partial charge < -0.3 is 10.6 Å². The number of urea groups is 1. The Morgan fingerprint density at radius 1 is 1.18 bits per heavy atom. The second-order valence-corrected chi connectivity index (χ2v) is 7.60. The molecule has 0 spiro atoms. The van der Waals surface area contributed by atoms with Crippen LogP contribution in [0.25, 0.3) is 0 Å². The number of carbonyl (C=O) groups excluding carboxylic acids is 4. The summed E-state index contributed by atoms with van der Waals surface area (Å²) in [7, 11) is 3.09. The second-order valence-electron chi connectivity index (χ2n) is 7.60. The smallest absolute Gasteiger partial charge is 0.369 e. The van der Waals surface area contributed by atoms with Crippen LogP contribution in [0.15, 0.2) is 11.8 Å². The molecule has 9 heteroatoms. The predicted molar refractivity (Wildman–Crippen MR) is 101 cm³/mol. The predicted octanol–water partition coefficient (Wildman–Crippen LogP) is -0.0411. The number of likely N-dealkylation sites (tertiary alicyclic amines) is 1. The highest BCUT2D eigenvalue weighted by Gasteiger charge is 2.52. The van der Waals surface area contributed by atoms with E-state index in [0.717, 1.165) is 17.7 Å². The molecule has 1 unspecified atom stereocenters. The van der Waals surface area contributed by atoms with Crippen LogP contribution in [0.4, 0.5) is 4.79 Å². The zero-order valence-corrected chi connectivity index (χ0v) is 16.7. The fourth-order valence-electron chi connectivity index (χ4n) is 4.08. The Kier molecular flexibility index (Phi) is 5.53. The van der Waals surface area contributed by atoms with Crippen LogP contribution in [-0.4, -0.2) is 82.6 Å². The molecule has 152 valence electrons. The molecule has 0 radical (unpaired) electrons. The minimum absolute atomic E-state index is 0.169. The van der Waals surface area contributed by atoms with E-state index in [1.807, 2.05) is 11.5 Å². The number of carbonyl (C=O) groups is 4. The van der Waals surface area contributed by atoms with Gasteiger partial charge in [-0.1, -0.05) is 13.3 Å². The van der Waals surface area contributed by atoms with Crippen molar-refractivity contribution in [1.82, 2.24) is 14.7 Å². The van der Waals surface area contributed by atoms with E-state index in [9.17, 15) is 19.2 Å². The first-order valence-corrected chi connectivity index (χ1v) is 9.78. The average molecular weight is 390 g/mol. The maximum absolute atomic E-state index is 13.2. The van der Waals surface area contributed by atoms with Crippen LogP contribution in [0.2, 0.25) is 0 Å². The van der Waals surface area contributed by atoms with E-state index in [1.165, 1.54) is 11.9 Å². The summed E-state index contributed by atoms with van der Waals surface area (Å²) in [5.41, 5.74) is 5.82. The van der Waals surface area contributed by atoms with Crippen molar-refractivity contribution < 1.29 is 23.8 Å². The van der Waals surface area contributed by atoms with Crippen LogP contribution in [0.1, 0.15) is 32.6 Å². The van der Waals surface area contributed by atoms with E-state index in [4.69, 9.17) is 5.73 Å². The number of fused-ring (bicyclic) bond motifs is 1. The number of piperidine rings is 1. The van der Waals surface area contributed by atoms with Crippen molar-refractivity contribution >= 4 is 29.6 Å². The number of unbranched alkanes of at least 4 members (excludes halogenated alkanes) is 1. The van der Waals surface area contributed by atoms with E-state index >= 15 is 0 Å². The van der Waals surface area contributed by atoms with Crippen LogP contribution in [-0.2, 0) is 14.4 Å². The number of hydrogen-bond donors (Lipinski definition) is 1. The number of hydrogen-bond acceptors (Lipinski definition) is 4. The summed E-state index contributed by atoms with van der Waals surface area (Å²) < 4.78 is 1.82. The topological polar surface area (TPSA) is 107 Å². The molecule has 3 aliphatic rings. The maximum atomic E-state index is 13.2. The largest absolute Gasteiger partial charge is 0.417 e. The maximum Gasteiger partial charge on any atom is 0.417 e. The molecule has 2 fully saturated rings. The van der Waals surface area contributed by atoms with E-state index in [1.54, 1.807) is 18.0 Å². The fraction of sp³-hybridized carbons (Fsp3) is 0.632. The van der Waals surface area contributed by atoms with Gasteiger partial charge in [0.15, 0.2) is 11.6 Å². The summed E-state index contributed by atoms with van der Waals surface area (Å²) in [6, 6.07) is -0.401. The second kappa shape index (κ2) is 7.73. The van der Waals surface area contributed by atoms with Gasteiger partial charge in [-0.15, -0.1) is 0 Å². The number of primary amides is 1. The highest BCUT2D eigenvalue weighted by Crippen LogP contribution is 2.28. The molecule has 0 aromatic carbocycles. The highest BCUT2D eigenvalue weighted by molar-refractivity contribution is 6.19. The van der Waals surface area contributed by atoms with Crippen LogP contribution < -0.4 is 5.73 Å². The summed E-state index contributed by atoms with van der Waals surface area (Å²) in [5.74, 6) is -1.10. The molecule has 28 heavy (non-hydrogen) atoms.